The quantitative estimate of drug-likeness (QED) is 0.473. The van der Waals surface area contributed by atoms with E-state index in [1.54, 1.807) is 23.5 Å². The minimum Gasteiger partial charge on any atom is -0.458 e. The number of halogens is 1. The van der Waals surface area contributed by atoms with Crippen LogP contribution in [0.15, 0.2) is 59.6 Å². The second kappa shape index (κ2) is 6.42. The van der Waals surface area contributed by atoms with Crippen molar-refractivity contribution in [2.45, 2.75) is 0 Å². The van der Waals surface area contributed by atoms with E-state index < -0.39 is 0 Å². The van der Waals surface area contributed by atoms with Crippen LogP contribution in [-0.2, 0) is 4.74 Å². The van der Waals surface area contributed by atoms with E-state index in [0.29, 0.717) is 5.56 Å². The smallest absolute Gasteiger partial charge is 0.338 e. The summed E-state index contributed by atoms with van der Waals surface area (Å²) < 4.78 is 7.03. The van der Waals surface area contributed by atoms with Crippen LogP contribution in [0.25, 0.3) is 20.8 Å². The Morgan fingerprint density at radius 3 is 2.95 bits per heavy atom. The maximum Gasteiger partial charge on any atom is 0.338 e. The fourth-order valence-electron chi connectivity index (χ4n) is 2.01. The summed E-state index contributed by atoms with van der Waals surface area (Å²) in [7, 11) is 0. The molecule has 0 fully saturated rings. The molecule has 0 aliphatic heterocycles. The zero-order valence-electron chi connectivity index (χ0n) is 11.6. The number of rotatable bonds is 4. The Hall–Kier alpha value is -1.98. The average molecular weight is 374 g/mol. The van der Waals surface area contributed by atoms with Gasteiger partial charge < -0.3 is 4.74 Å². The molecule has 0 N–H and O–H groups in total. The predicted molar refractivity (Wildman–Crippen MR) is 93.2 cm³/mol. The fraction of sp³-hybridized carbons (Fsp3) is 0.0588. The van der Waals surface area contributed by atoms with E-state index in [1.165, 1.54) is 0 Å². The van der Waals surface area contributed by atoms with E-state index >= 15 is 0 Å². The second-order valence-electron chi connectivity index (χ2n) is 4.60. The number of thiazole rings is 1. The molecule has 0 amide bonds. The van der Waals surface area contributed by atoms with Gasteiger partial charge in [0.15, 0.2) is 0 Å². The van der Waals surface area contributed by atoms with Crippen LogP contribution in [0.3, 0.4) is 0 Å². The molecule has 2 aromatic carbocycles. The Kier molecular flexibility index (Phi) is 4.36. The minimum absolute atomic E-state index is 0.211. The van der Waals surface area contributed by atoms with E-state index in [4.69, 9.17) is 4.74 Å². The summed E-state index contributed by atoms with van der Waals surface area (Å²) in [4.78, 5) is 16.5. The molecule has 22 heavy (non-hydrogen) atoms. The Morgan fingerprint density at radius 1 is 1.32 bits per heavy atom. The molecule has 5 heteroatoms. The van der Waals surface area contributed by atoms with Crippen molar-refractivity contribution >= 4 is 43.5 Å². The molecular weight excluding hydrogens is 362 g/mol. The van der Waals surface area contributed by atoms with Gasteiger partial charge in [-0.3, -0.25) is 0 Å². The molecule has 0 saturated heterocycles. The standard InChI is InChI=1S/C17H12BrNO2S/c1-2-8-21-17(20)12-6-7-14-15(10-12)22-16(19-14)11-4-3-5-13(18)9-11/h2-7,9-10H,1,8H2. The second-order valence-corrected chi connectivity index (χ2v) is 6.55. The third-order valence-electron chi connectivity index (χ3n) is 3.03. The molecule has 1 aromatic heterocycles. The third-order valence-corrected chi connectivity index (χ3v) is 4.59. The van der Waals surface area contributed by atoms with Crippen molar-refractivity contribution in [1.29, 1.82) is 0 Å². The Labute approximate surface area is 140 Å². The summed E-state index contributed by atoms with van der Waals surface area (Å²) in [5.74, 6) is -0.348. The third kappa shape index (κ3) is 3.10. The summed E-state index contributed by atoms with van der Waals surface area (Å²) in [5.41, 5.74) is 2.45. The monoisotopic (exact) mass is 373 g/mol. The van der Waals surface area contributed by atoms with Crippen LogP contribution >= 0.6 is 27.3 Å². The maximum atomic E-state index is 11.9. The summed E-state index contributed by atoms with van der Waals surface area (Å²) in [6.45, 7) is 3.74. The van der Waals surface area contributed by atoms with Crippen LogP contribution in [0.1, 0.15) is 10.4 Å². The highest BCUT2D eigenvalue weighted by Crippen LogP contribution is 2.32. The van der Waals surface area contributed by atoms with Crippen LogP contribution < -0.4 is 0 Å². The van der Waals surface area contributed by atoms with Gasteiger partial charge in [0, 0.05) is 10.0 Å². The van der Waals surface area contributed by atoms with Crippen molar-refractivity contribution < 1.29 is 9.53 Å². The first-order chi connectivity index (χ1) is 10.7. The summed E-state index contributed by atoms with van der Waals surface area (Å²) in [6.07, 6.45) is 1.55. The molecule has 3 aromatic rings. The Morgan fingerprint density at radius 2 is 2.18 bits per heavy atom. The Bertz CT molecular complexity index is 857. The minimum atomic E-state index is -0.348. The highest BCUT2D eigenvalue weighted by molar-refractivity contribution is 9.10. The number of carbonyl (C=O) groups is 1. The van der Waals surface area contributed by atoms with Crippen LogP contribution in [0.4, 0.5) is 0 Å². The molecule has 0 atom stereocenters. The number of aromatic nitrogens is 1. The number of esters is 1. The Balaban J connectivity index is 1.96. The fourth-order valence-corrected chi connectivity index (χ4v) is 3.42. The van der Waals surface area contributed by atoms with Crippen molar-refractivity contribution in [1.82, 2.24) is 4.98 Å². The lowest BCUT2D eigenvalue weighted by Gasteiger charge is -2.00. The first-order valence-corrected chi connectivity index (χ1v) is 8.23. The van der Waals surface area contributed by atoms with E-state index in [0.717, 1.165) is 25.3 Å². The van der Waals surface area contributed by atoms with Gasteiger partial charge in [-0.05, 0) is 30.3 Å². The molecule has 0 saturated carbocycles. The lowest BCUT2D eigenvalue weighted by Crippen LogP contribution is -2.04. The highest BCUT2D eigenvalue weighted by atomic mass is 79.9. The van der Waals surface area contributed by atoms with E-state index in [2.05, 4.69) is 27.5 Å². The average Bonchev–Trinajstić information content (AvgIpc) is 2.95. The summed E-state index contributed by atoms with van der Waals surface area (Å²) in [6, 6.07) is 13.4. The van der Waals surface area contributed by atoms with Crippen LogP contribution in [0.2, 0.25) is 0 Å². The molecule has 0 radical (unpaired) electrons. The van der Waals surface area contributed by atoms with Crippen molar-refractivity contribution in [3.8, 4) is 10.6 Å². The molecule has 0 spiro atoms. The first kappa shape index (κ1) is 14.9. The van der Waals surface area contributed by atoms with Gasteiger partial charge in [0.25, 0.3) is 0 Å². The number of hydrogen-bond acceptors (Lipinski definition) is 4. The molecule has 0 aliphatic rings. The van der Waals surface area contributed by atoms with Gasteiger partial charge in [0.05, 0.1) is 15.8 Å². The van der Waals surface area contributed by atoms with Gasteiger partial charge in [-0.15, -0.1) is 11.3 Å². The lowest BCUT2D eigenvalue weighted by atomic mass is 10.2. The SMILES string of the molecule is C=CCOC(=O)c1ccc2nc(-c3cccc(Br)c3)sc2c1. The first-order valence-electron chi connectivity index (χ1n) is 6.62. The zero-order valence-corrected chi connectivity index (χ0v) is 14.0. The number of carbonyl (C=O) groups excluding carboxylic acids is 1. The number of ether oxygens (including phenoxy) is 1. The van der Waals surface area contributed by atoms with E-state index in [9.17, 15) is 4.79 Å². The molecule has 0 unspecified atom stereocenters. The molecule has 0 aliphatic carbocycles. The van der Waals surface area contributed by atoms with E-state index in [-0.39, 0.29) is 12.6 Å². The normalized spacial score (nSPS) is 10.6. The molecular formula is C17H12BrNO2S. The van der Waals surface area contributed by atoms with Gasteiger partial charge >= 0.3 is 5.97 Å². The van der Waals surface area contributed by atoms with Crippen LogP contribution in [-0.4, -0.2) is 17.6 Å². The number of nitrogens with zero attached hydrogens (tertiary/aromatic N) is 1. The van der Waals surface area contributed by atoms with Gasteiger partial charge in [-0.25, -0.2) is 9.78 Å². The summed E-state index contributed by atoms with van der Waals surface area (Å²) in [5, 5.41) is 0.924. The van der Waals surface area contributed by atoms with Crippen LogP contribution in [0, 0.1) is 0 Å². The van der Waals surface area contributed by atoms with Crippen molar-refractivity contribution in [2.24, 2.45) is 0 Å². The van der Waals surface area contributed by atoms with Crippen molar-refractivity contribution in [3.05, 3.63) is 65.2 Å². The van der Waals surface area contributed by atoms with Crippen LogP contribution in [0.5, 0.6) is 0 Å². The molecule has 3 rings (SSSR count). The van der Waals surface area contributed by atoms with Gasteiger partial charge in [0.2, 0.25) is 0 Å². The van der Waals surface area contributed by atoms with Gasteiger partial charge in [-0.2, -0.15) is 0 Å². The van der Waals surface area contributed by atoms with Crippen molar-refractivity contribution in [2.75, 3.05) is 6.61 Å². The number of benzene rings is 2. The predicted octanol–water partition coefficient (Wildman–Crippen LogP) is 5.07. The van der Waals surface area contributed by atoms with Gasteiger partial charge in [-0.1, -0.05) is 40.7 Å². The number of fused-ring (bicyclic) bond motifs is 1. The molecule has 1 heterocycles. The maximum absolute atomic E-state index is 11.9. The van der Waals surface area contributed by atoms with Crippen molar-refractivity contribution in [3.63, 3.8) is 0 Å². The lowest BCUT2D eigenvalue weighted by molar-refractivity contribution is 0.0550. The largest absolute Gasteiger partial charge is 0.458 e. The molecule has 110 valence electrons. The van der Waals surface area contributed by atoms with E-state index in [1.807, 2.05) is 36.4 Å². The summed E-state index contributed by atoms with van der Waals surface area (Å²) >= 11 is 5.02. The molecule has 0 bridgehead atoms. The zero-order chi connectivity index (χ0) is 15.5. The topological polar surface area (TPSA) is 39.2 Å². The van der Waals surface area contributed by atoms with Gasteiger partial charge in [0.1, 0.15) is 11.6 Å². The highest BCUT2D eigenvalue weighted by Gasteiger charge is 2.11. The number of hydrogen-bond donors (Lipinski definition) is 0. The molecule has 3 nitrogen and oxygen atoms in total.